The summed E-state index contributed by atoms with van der Waals surface area (Å²) in [6, 6.07) is 18.8. The first-order valence-corrected chi connectivity index (χ1v) is 12.1. The lowest BCUT2D eigenvalue weighted by atomic mass is 9.85. The lowest BCUT2D eigenvalue weighted by Crippen LogP contribution is -2.48. The normalized spacial score (nSPS) is 25.5. The van der Waals surface area contributed by atoms with Gasteiger partial charge in [-0.05, 0) is 50.0 Å². The number of fused-ring (bicyclic) bond motifs is 1. The summed E-state index contributed by atoms with van der Waals surface area (Å²) >= 11 is 1.65. The van der Waals surface area contributed by atoms with Gasteiger partial charge in [-0.15, -0.1) is 0 Å². The van der Waals surface area contributed by atoms with Crippen molar-refractivity contribution in [1.29, 1.82) is 0 Å². The number of thioether (sulfide) groups is 1. The van der Waals surface area contributed by atoms with Crippen molar-refractivity contribution >= 4 is 40.3 Å². The number of aryl methyl sites for hydroxylation is 1. The summed E-state index contributed by atoms with van der Waals surface area (Å²) in [6.45, 7) is 4.38. The number of rotatable bonds is 4. The monoisotopic (exact) mass is 431 g/mol. The summed E-state index contributed by atoms with van der Waals surface area (Å²) in [5.41, 5.74) is 4.28. The van der Waals surface area contributed by atoms with Crippen LogP contribution in [0.15, 0.2) is 59.5 Å². The molecule has 0 spiro atoms. The first kappa shape index (κ1) is 20.3. The van der Waals surface area contributed by atoms with Crippen LogP contribution in [0.1, 0.15) is 43.9 Å². The molecular weight excluding hydrogens is 402 g/mol. The van der Waals surface area contributed by atoms with Crippen LogP contribution in [0.3, 0.4) is 0 Å². The zero-order valence-electron chi connectivity index (χ0n) is 18.1. The molecule has 1 aliphatic heterocycles. The van der Waals surface area contributed by atoms with E-state index < -0.39 is 0 Å². The highest BCUT2D eigenvalue weighted by molar-refractivity contribution is 8.05. The van der Waals surface area contributed by atoms with Gasteiger partial charge in [0.05, 0.1) is 4.91 Å². The Hall–Kier alpha value is -2.66. The van der Waals surface area contributed by atoms with Crippen molar-refractivity contribution in [1.82, 2.24) is 9.88 Å². The third-order valence-electron chi connectivity index (χ3n) is 6.64. The summed E-state index contributed by atoms with van der Waals surface area (Å²) in [5.74, 6) is 0.675. The van der Waals surface area contributed by atoms with E-state index in [1.54, 1.807) is 11.8 Å². The average Bonchev–Trinajstić information content (AvgIpc) is 3.26. The molecule has 1 amide bonds. The molecule has 5 heteroatoms. The van der Waals surface area contributed by atoms with E-state index in [2.05, 4.69) is 65.5 Å². The number of nitrogens with zero attached hydrogens (tertiary/aromatic N) is 1. The van der Waals surface area contributed by atoms with Crippen molar-refractivity contribution < 1.29 is 4.79 Å². The van der Waals surface area contributed by atoms with Gasteiger partial charge in [-0.25, -0.2) is 0 Å². The van der Waals surface area contributed by atoms with Crippen LogP contribution >= 0.6 is 11.8 Å². The van der Waals surface area contributed by atoms with E-state index in [0.717, 1.165) is 39.2 Å². The van der Waals surface area contributed by atoms with Crippen LogP contribution in [0, 0.1) is 12.8 Å². The number of anilines is 1. The van der Waals surface area contributed by atoms with Crippen LogP contribution in [-0.2, 0) is 4.79 Å². The highest BCUT2D eigenvalue weighted by atomic mass is 32.2. The summed E-state index contributed by atoms with van der Waals surface area (Å²) in [7, 11) is 0. The van der Waals surface area contributed by atoms with Gasteiger partial charge in [0.1, 0.15) is 0 Å². The second-order valence-electron chi connectivity index (χ2n) is 8.74. The number of aromatic amines is 1. The molecule has 1 saturated heterocycles. The van der Waals surface area contributed by atoms with E-state index >= 15 is 0 Å². The van der Waals surface area contributed by atoms with E-state index in [1.165, 1.54) is 19.3 Å². The van der Waals surface area contributed by atoms with Gasteiger partial charge in [-0.2, -0.15) is 0 Å². The predicted molar refractivity (Wildman–Crippen MR) is 131 cm³/mol. The van der Waals surface area contributed by atoms with E-state index in [0.29, 0.717) is 5.92 Å². The molecule has 2 aliphatic rings. The Bertz CT molecular complexity index is 1120. The number of amides is 1. The molecule has 160 valence electrons. The van der Waals surface area contributed by atoms with Crippen molar-refractivity contribution in [3.8, 4) is 0 Å². The third-order valence-corrected chi connectivity index (χ3v) is 7.76. The van der Waals surface area contributed by atoms with Gasteiger partial charge < -0.3 is 15.2 Å². The van der Waals surface area contributed by atoms with Crippen LogP contribution in [-0.4, -0.2) is 27.3 Å². The van der Waals surface area contributed by atoms with E-state index in [9.17, 15) is 4.79 Å². The lowest BCUT2D eigenvalue weighted by molar-refractivity contribution is -0.129. The molecule has 2 aromatic carbocycles. The van der Waals surface area contributed by atoms with Crippen molar-refractivity contribution in [2.75, 3.05) is 5.32 Å². The number of hydrogen-bond acceptors (Lipinski definition) is 3. The molecule has 2 heterocycles. The molecule has 3 aromatic rings. The fraction of sp³-hybridized carbons (Fsp3) is 0.346. The van der Waals surface area contributed by atoms with Gasteiger partial charge in [0.25, 0.3) is 5.91 Å². The molecular formula is C26H29N3OS. The van der Waals surface area contributed by atoms with Crippen LogP contribution in [0.4, 0.5) is 5.69 Å². The molecule has 1 aromatic heterocycles. The Kier molecular flexibility index (Phi) is 5.53. The van der Waals surface area contributed by atoms with Crippen molar-refractivity contribution in [3.05, 3.63) is 70.8 Å². The van der Waals surface area contributed by atoms with Crippen molar-refractivity contribution in [2.24, 2.45) is 5.92 Å². The molecule has 2 N–H and O–H groups in total. The van der Waals surface area contributed by atoms with Crippen LogP contribution in [0.5, 0.6) is 0 Å². The van der Waals surface area contributed by atoms with Crippen LogP contribution in [0.2, 0.25) is 0 Å². The molecule has 31 heavy (non-hydrogen) atoms. The topological polar surface area (TPSA) is 48.1 Å². The Labute approximate surface area is 188 Å². The molecule has 1 saturated carbocycles. The second-order valence-corrected chi connectivity index (χ2v) is 9.86. The Morgan fingerprint density at radius 3 is 2.61 bits per heavy atom. The first-order valence-electron chi connectivity index (χ1n) is 11.2. The van der Waals surface area contributed by atoms with Gasteiger partial charge >= 0.3 is 0 Å². The number of hydrogen-bond donors (Lipinski definition) is 2. The highest BCUT2D eigenvalue weighted by Gasteiger charge is 2.43. The van der Waals surface area contributed by atoms with Gasteiger partial charge in [0.15, 0.2) is 5.50 Å². The van der Waals surface area contributed by atoms with Crippen molar-refractivity contribution in [2.45, 2.75) is 51.1 Å². The predicted octanol–water partition coefficient (Wildman–Crippen LogP) is 6.37. The van der Waals surface area contributed by atoms with Crippen LogP contribution < -0.4 is 5.32 Å². The fourth-order valence-corrected chi connectivity index (χ4v) is 6.18. The number of aromatic nitrogens is 1. The zero-order valence-corrected chi connectivity index (χ0v) is 18.9. The first-order chi connectivity index (χ1) is 15.1. The second kappa shape index (κ2) is 8.46. The number of carbonyl (C=O) groups is 1. The summed E-state index contributed by atoms with van der Waals surface area (Å²) < 4.78 is 0. The van der Waals surface area contributed by atoms with Crippen LogP contribution in [0.25, 0.3) is 17.0 Å². The smallest absolute Gasteiger partial charge is 0.262 e. The van der Waals surface area contributed by atoms with Gasteiger partial charge in [-0.1, -0.05) is 67.9 Å². The number of benzene rings is 2. The van der Waals surface area contributed by atoms with Gasteiger partial charge in [0.2, 0.25) is 0 Å². The number of para-hydroxylation sites is 2. The summed E-state index contributed by atoms with van der Waals surface area (Å²) in [4.78, 5) is 20.1. The summed E-state index contributed by atoms with van der Waals surface area (Å²) in [5, 5.41) is 4.78. The van der Waals surface area contributed by atoms with E-state index in [1.807, 2.05) is 24.3 Å². The molecule has 0 bridgehead atoms. The molecule has 4 nitrogen and oxygen atoms in total. The van der Waals surface area contributed by atoms with E-state index in [4.69, 9.17) is 0 Å². The minimum absolute atomic E-state index is 0.0859. The highest BCUT2D eigenvalue weighted by Crippen LogP contribution is 2.42. The fourth-order valence-electron chi connectivity index (χ4n) is 4.98. The maximum absolute atomic E-state index is 13.7. The number of nitrogens with one attached hydrogen (secondary N) is 2. The molecule has 1 unspecified atom stereocenters. The number of H-pyrrole nitrogens is 1. The minimum Gasteiger partial charge on any atom is -0.358 e. The molecule has 2 fully saturated rings. The molecule has 5 rings (SSSR count). The molecule has 3 atom stereocenters. The van der Waals surface area contributed by atoms with Gasteiger partial charge in [0, 0.05) is 33.9 Å². The largest absolute Gasteiger partial charge is 0.358 e. The standard InChI is InChI=1S/C26H29N3OS/c1-17-10-6-9-15-23(17)29-25(30)24(31-26(29)28-19-11-4-3-5-12-19)16-21-18(2)27-22-14-8-7-13-20(21)22/h3-5,7-8,11-14,16-17,23,26-28H,6,9-10,15H2,1-2H3/b24-16-/t17-,23+,26?/m0/s1. The maximum atomic E-state index is 13.7. The lowest BCUT2D eigenvalue weighted by Gasteiger charge is -2.39. The zero-order chi connectivity index (χ0) is 21.4. The third kappa shape index (κ3) is 3.87. The quantitative estimate of drug-likeness (QED) is 0.472. The summed E-state index contributed by atoms with van der Waals surface area (Å²) in [6.07, 6.45) is 6.83. The SMILES string of the molecule is Cc1[nH]c2ccccc2c1/C=C1\SC(Nc2ccccc2)N([C@@H]2CCCC[C@@H]2C)C1=O. The molecule has 0 radical (unpaired) electrons. The number of carbonyl (C=O) groups excluding carboxylic acids is 1. The Morgan fingerprint density at radius 2 is 1.81 bits per heavy atom. The van der Waals surface area contributed by atoms with Gasteiger partial charge in [-0.3, -0.25) is 4.79 Å². The van der Waals surface area contributed by atoms with Crippen molar-refractivity contribution in [3.63, 3.8) is 0 Å². The Balaban J connectivity index is 1.52. The maximum Gasteiger partial charge on any atom is 0.262 e. The minimum atomic E-state index is -0.0859. The van der Waals surface area contributed by atoms with E-state index in [-0.39, 0.29) is 17.4 Å². The Morgan fingerprint density at radius 1 is 1.06 bits per heavy atom. The molecule has 1 aliphatic carbocycles. The average molecular weight is 432 g/mol.